The normalized spacial score (nSPS) is 12.1. The van der Waals surface area contributed by atoms with Gasteiger partial charge in [0.05, 0.1) is 17.2 Å². The number of rotatable bonds is 14. The molecule has 0 radical (unpaired) electrons. The van der Waals surface area contributed by atoms with Crippen LogP contribution in [-0.4, -0.2) is 50.9 Å². The Morgan fingerprint density at radius 1 is 0.881 bits per heavy atom. The van der Waals surface area contributed by atoms with Crippen molar-refractivity contribution in [3.63, 3.8) is 0 Å². The van der Waals surface area contributed by atoms with Gasteiger partial charge in [-0.05, 0) is 62.9 Å². The van der Waals surface area contributed by atoms with E-state index in [9.17, 15) is 18.0 Å². The van der Waals surface area contributed by atoms with E-state index in [2.05, 4.69) is 5.32 Å². The first-order valence-corrected chi connectivity index (χ1v) is 15.9. The molecule has 8 nitrogen and oxygen atoms in total. The summed E-state index contributed by atoms with van der Waals surface area (Å²) >= 11 is 0. The molecule has 0 saturated carbocycles. The molecule has 0 aliphatic rings. The largest absolute Gasteiger partial charge is 0.492 e. The van der Waals surface area contributed by atoms with Crippen molar-refractivity contribution in [2.24, 2.45) is 5.92 Å². The number of anilines is 1. The molecule has 0 unspecified atom stereocenters. The predicted molar refractivity (Wildman–Crippen MR) is 167 cm³/mol. The Morgan fingerprint density at radius 3 is 2.05 bits per heavy atom. The Kier molecular flexibility index (Phi) is 11.6. The van der Waals surface area contributed by atoms with Gasteiger partial charge in [-0.1, -0.05) is 80.4 Å². The molecule has 3 rings (SSSR count). The van der Waals surface area contributed by atoms with Crippen LogP contribution < -0.4 is 14.4 Å². The van der Waals surface area contributed by atoms with E-state index in [0.29, 0.717) is 25.3 Å². The Balaban J connectivity index is 2.09. The molecule has 3 aromatic rings. The number of amides is 2. The van der Waals surface area contributed by atoms with Gasteiger partial charge in [0.1, 0.15) is 18.3 Å². The number of aryl methyl sites for hydroxylation is 2. The fourth-order valence-corrected chi connectivity index (χ4v) is 5.95. The summed E-state index contributed by atoms with van der Waals surface area (Å²) < 4.78 is 35.1. The second-order valence-electron chi connectivity index (χ2n) is 10.8. The van der Waals surface area contributed by atoms with Crippen molar-refractivity contribution in [2.45, 2.75) is 65.4 Å². The van der Waals surface area contributed by atoms with Crippen LogP contribution in [0.15, 0.2) is 77.7 Å². The zero-order valence-corrected chi connectivity index (χ0v) is 26.3. The topological polar surface area (TPSA) is 96.0 Å². The lowest BCUT2D eigenvalue weighted by molar-refractivity contribution is -0.140. The molecule has 1 atom stereocenters. The summed E-state index contributed by atoms with van der Waals surface area (Å²) in [6.45, 7) is 11.9. The third-order valence-corrected chi connectivity index (χ3v) is 8.64. The average molecular weight is 594 g/mol. The van der Waals surface area contributed by atoms with Crippen molar-refractivity contribution < 1.29 is 22.7 Å². The highest BCUT2D eigenvalue weighted by atomic mass is 32.2. The summed E-state index contributed by atoms with van der Waals surface area (Å²) in [4.78, 5) is 29.1. The third-order valence-electron chi connectivity index (χ3n) is 6.87. The number of nitrogens with zero attached hydrogens (tertiary/aromatic N) is 2. The summed E-state index contributed by atoms with van der Waals surface area (Å²) in [6, 6.07) is 20.2. The Bertz CT molecular complexity index is 1440. The molecular weight excluding hydrogens is 550 g/mol. The van der Waals surface area contributed by atoms with E-state index >= 15 is 0 Å². The monoisotopic (exact) mass is 593 g/mol. The van der Waals surface area contributed by atoms with Crippen LogP contribution in [0.1, 0.15) is 50.8 Å². The molecule has 226 valence electrons. The highest BCUT2D eigenvalue weighted by Gasteiger charge is 2.34. The lowest BCUT2D eigenvalue weighted by atomic mass is 10.1. The van der Waals surface area contributed by atoms with Gasteiger partial charge in [-0.2, -0.15) is 0 Å². The maximum atomic E-state index is 14.2. The molecule has 3 aromatic carbocycles. The minimum absolute atomic E-state index is 0.0546. The number of hydrogen-bond acceptors (Lipinski definition) is 5. The molecule has 0 aliphatic carbocycles. The maximum absolute atomic E-state index is 14.2. The third kappa shape index (κ3) is 8.35. The fourth-order valence-electron chi connectivity index (χ4n) is 4.52. The lowest BCUT2D eigenvalue weighted by Crippen LogP contribution is -2.52. The average Bonchev–Trinajstić information content (AvgIpc) is 2.96. The number of para-hydroxylation sites is 2. The van der Waals surface area contributed by atoms with E-state index in [-0.39, 0.29) is 29.0 Å². The predicted octanol–water partition coefficient (Wildman–Crippen LogP) is 5.48. The SMILES string of the molecule is CCOc1ccccc1N(CC(=O)N(Cc1ccc(C)cc1)[C@H](CC)C(=O)NCC(C)C)S(=O)(=O)c1ccc(C)cc1. The number of sulfonamides is 1. The zero-order valence-electron chi connectivity index (χ0n) is 25.5. The van der Waals surface area contributed by atoms with E-state index in [0.717, 1.165) is 21.0 Å². The smallest absolute Gasteiger partial charge is 0.264 e. The highest BCUT2D eigenvalue weighted by Crippen LogP contribution is 2.33. The number of hydrogen-bond donors (Lipinski definition) is 1. The second kappa shape index (κ2) is 14.9. The molecule has 0 aromatic heterocycles. The van der Waals surface area contributed by atoms with Gasteiger partial charge < -0.3 is 15.0 Å². The molecule has 0 fully saturated rings. The van der Waals surface area contributed by atoms with Crippen molar-refractivity contribution in [3.05, 3.63) is 89.5 Å². The molecule has 2 amide bonds. The van der Waals surface area contributed by atoms with Crippen LogP contribution in [0.25, 0.3) is 0 Å². The van der Waals surface area contributed by atoms with Gasteiger partial charge in [-0.3, -0.25) is 13.9 Å². The van der Waals surface area contributed by atoms with Crippen molar-refractivity contribution in [2.75, 3.05) is 24.0 Å². The number of carbonyl (C=O) groups excluding carboxylic acids is 2. The number of ether oxygens (including phenoxy) is 1. The van der Waals surface area contributed by atoms with Crippen LogP contribution >= 0.6 is 0 Å². The standard InChI is InChI=1S/C33H43N3O5S/c1-7-29(33(38)34-21-24(3)4)35(22-27-17-13-25(5)14-18-27)32(37)23-36(30-11-9-10-12-31(30)41-8-2)42(39,40)28-19-15-26(6)16-20-28/h9-20,24,29H,7-8,21-23H2,1-6H3,(H,34,38)/t29-/m1/s1. The molecular formula is C33H43N3O5S. The van der Waals surface area contributed by atoms with Gasteiger partial charge in [0.2, 0.25) is 11.8 Å². The van der Waals surface area contributed by atoms with Crippen LogP contribution in [0.4, 0.5) is 5.69 Å². The van der Waals surface area contributed by atoms with Gasteiger partial charge in [0.25, 0.3) is 10.0 Å². The quantitative estimate of drug-likeness (QED) is 0.267. The molecule has 42 heavy (non-hydrogen) atoms. The first-order valence-electron chi connectivity index (χ1n) is 14.4. The highest BCUT2D eigenvalue weighted by molar-refractivity contribution is 7.92. The van der Waals surface area contributed by atoms with Crippen LogP contribution in [0.3, 0.4) is 0 Å². The van der Waals surface area contributed by atoms with Crippen molar-refractivity contribution in [3.8, 4) is 5.75 Å². The van der Waals surface area contributed by atoms with Gasteiger partial charge in [0, 0.05) is 13.1 Å². The Morgan fingerprint density at radius 2 is 1.48 bits per heavy atom. The Labute approximate surface area is 250 Å². The molecule has 0 aliphatic heterocycles. The summed E-state index contributed by atoms with van der Waals surface area (Å²) in [6.07, 6.45) is 0.363. The van der Waals surface area contributed by atoms with Crippen LogP contribution in [0, 0.1) is 19.8 Å². The second-order valence-corrected chi connectivity index (χ2v) is 12.7. The van der Waals surface area contributed by atoms with Crippen LogP contribution in [0.5, 0.6) is 5.75 Å². The summed E-state index contributed by atoms with van der Waals surface area (Å²) in [7, 11) is -4.19. The van der Waals surface area contributed by atoms with E-state index in [1.54, 1.807) is 36.4 Å². The molecule has 1 N–H and O–H groups in total. The minimum atomic E-state index is -4.19. The molecule has 0 spiro atoms. The van der Waals surface area contributed by atoms with E-state index in [4.69, 9.17) is 4.74 Å². The van der Waals surface area contributed by atoms with E-state index < -0.39 is 28.5 Å². The summed E-state index contributed by atoms with van der Waals surface area (Å²) in [5.74, 6) is -0.188. The maximum Gasteiger partial charge on any atom is 0.264 e. The van der Waals surface area contributed by atoms with Gasteiger partial charge in [0.15, 0.2) is 0 Å². The van der Waals surface area contributed by atoms with Gasteiger partial charge >= 0.3 is 0 Å². The fraction of sp³-hybridized carbons (Fsp3) is 0.394. The minimum Gasteiger partial charge on any atom is -0.492 e. The summed E-state index contributed by atoms with van der Waals surface area (Å²) in [5.41, 5.74) is 3.07. The van der Waals surface area contributed by atoms with Crippen molar-refractivity contribution in [1.29, 1.82) is 0 Å². The van der Waals surface area contributed by atoms with Crippen LogP contribution in [-0.2, 0) is 26.2 Å². The van der Waals surface area contributed by atoms with E-state index in [1.807, 2.05) is 65.8 Å². The van der Waals surface area contributed by atoms with Gasteiger partial charge in [-0.15, -0.1) is 0 Å². The zero-order chi connectivity index (χ0) is 30.9. The first kappa shape index (κ1) is 32.7. The molecule has 0 bridgehead atoms. The van der Waals surface area contributed by atoms with E-state index in [1.165, 1.54) is 17.0 Å². The lowest BCUT2D eigenvalue weighted by Gasteiger charge is -2.33. The van der Waals surface area contributed by atoms with Crippen LogP contribution in [0.2, 0.25) is 0 Å². The number of benzene rings is 3. The Hall–Kier alpha value is -3.85. The first-order chi connectivity index (χ1) is 20.0. The summed E-state index contributed by atoms with van der Waals surface area (Å²) in [5, 5.41) is 2.95. The number of carbonyl (C=O) groups is 2. The van der Waals surface area contributed by atoms with Crippen molar-refractivity contribution >= 4 is 27.5 Å². The number of nitrogens with one attached hydrogen (secondary N) is 1. The van der Waals surface area contributed by atoms with Crippen molar-refractivity contribution in [1.82, 2.24) is 10.2 Å². The molecule has 9 heteroatoms. The molecule has 0 heterocycles. The van der Waals surface area contributed by atoms with Gasteiger partial charge in [-0.25, -0.2) is 8.42 Å². The molecule has 0 saturated heterocycles.